The first-order valence-electron chi connectivity index (χ1n) is 14.5. The summed E-state index contributed by atoms with van der Waals surface area (Å²) in [5.74, 6) is -0.579. The van der Waals surface area contributed by atoms with E-state index in [1.807, 2.05) is 45.9 Å². The zero-order chi connectivity index (χ0) is 28.9. The average molecular weight is 532 g/mol. The second kappa shape index (κ2) is 16.4. The van der Waals surface area contributed by atoms with Crippen LogP contribution in [-0.2, 0) is 14.3 Å². The standard InChI is InChI=1S/C31H53N3O4/c1-10-13-15-16-20-34(29(36)26(23(5)12-3)33-30(37)38-31(7,8)9)27(28(35)32-19-14-11-2)25-21-22(4)17-18-24(25)6/h17-18,21,23,26-27H,10-16,19-20H2,1-9H3,(H,32,35)(H,33,37). The van der Waals surface area contributed by atoms with Crippen molar-refractivity contribution in [2.45, 2.75) is 125 Å². The van der Waals surface area contributed by atoms with Crippen molar-refractivity contribution < 1.29 is 19.1 Å². The Kier molecular flexibility index (Phi) is 14.4. The molecule has 0 aromatic heterocycles. The fraction of sp³-hybridized carbons (Fsp3) is 0.710. The van der Waals surface area contributed by atoms with Crippen molar-refractivity contribution in [3.63, 3.8) is 0 Å². The summed E-state index contributed by atoms with van der Waals surface area (Å²) in [5.41, 5.74) is 2.12. The summed E-state index contributed by atoms with van der Waals surface area (Å²) in [5, 5.41) is 5.92. The summed E-state index contributed by atoms with van der Waals surface area (Å²) < 4.78 is 5.50. The van der Waals surface area contributed by atoms with Crippen LogP contribution in [0.25, 0.3) is 0 Å². The third-order valence-electron chi connectivity index (χ3n) is 6.81. The van der Waals surface area contributed by atoms with Crippen LogP contribution in [0, 0.1) is 19.8 Å². The van der Waals surface area contributed by atoms with Crippen molar-refractivity contribution in [3.05, 3.63) is 34.9 Å². The van der Waals surface area contributed by atoms with E-state index < -0.39 is 23.8 Å². The van der Waals surface area contributed by atoms with Crippen LogP contribution in [0.5, 0.6) is 0 Å². The number of nitrogens with zero attached hydrogens (tertiary/aromatic N) is 1. The second-order valence-corrected chi connectivity index (χ2v) is 11.5. The molecule has 3 amide bonds. The molecule has 1 aromatic carbocycles. The van der Waals surface area contributed by atoms with Gasteiger partial charge in [-0.25, -0.2) is 4.79 Å². The topological polar surface area (TPSA) is 87.7 Å². The molecular weight excluding hydrogens is 478 g/mol. The zero-order valence-electron chi connectivity index (χ0n) is 25.4. The fourth-order valence-corrected chi connectivity index (χ4v) is 4.36. The van der Waals surface area contributed by atoms with Crippen LogP contribution in [0.3, 0.4) is 0 Å². The lowest BCUT2D eigenvalue weighted by atomic mass is 9.93. The summed E-state index contributed by atoms with van der Waals surface area (Å²) >= 11 is 0. The van der Waals surface area contributed by atoms with E-state index in [4.69, 9.17) is 4.74 Å². The molecular formula is C31H53N3O4. The van der Waals surface area contributed by atoms with Gasteiger partial charge in [0.2, 0.25) is 11.8 Å². The van der Waals surface area contributed by atoms with Crippen molar-refractivity contribution in [1.82, 2.24) is 15.5 Å². The predicted molar refractivity (Wildman–Crippen MR) is 155 cm³/mol. The number of benzene rings is 1. The molecule has 7 nitrogen and oxygen atoms in total. The molecule has 0 aliphatic heterocycles. The number of ether oxygens (including phenoxy) is 1. The molecule has 0 bridgehead atoms. The summed E-state index contributed by atoms with van der Waals surface area (Å²) in [6, 6.07) is 4.43. The van der Waals surface area contributed by atoms with Crippen LogP contribution in [-0.4, -0.2) is 47.5 Å². The molecule has 1 rings (SSSR count). The van der Waals surface area contributed by atoms with Crippen molar-refractivity contribution in [2.75, 3.05) is 13.1 Å². The highest BCUT2D eigenvalue weighted by atomic mass is 16.6. The molecule has 7 heteroatoms. The minimum absolute atomic E-state index is 0.143. The van der Waals surface area contributed by atoms with E-state index in [1.54, 1.807) is 25.7 Å². The molecule has 2 N–H and O–H groups in total. The van der Waals surface area contributed by atoms with Crippen molar-refractivity contribution in [3.8, 4) is 0 Å². The Hall–Kier alpha value is -2.57. The molecule has 0 saturated heterocycles. The highest BCUT2D eigenvalue weighted by Crippen LogP contribution is 2.28. The first-order valence-corrected chi connectivity index (χ1v) is 14.5. The van der Waals surface area contributed by atoms with Gasteiger partial charge in [-0.3, -0.25) is 9.59 Å². The van der Waals surface area contributed by atoms with Gasteiger partial charge in [0.15, 0.2) is 0 Å². The Bertz CT molecular complexity index is 894. The molecule has 216 valence electrons. The van der Waals surface area contributed by atoms with Gasteiger partial charge in [0.05, 0.1) is 0 Å². The molecule has 0 saturated carbocycles. The SMILES string of the molecule is CCCCCCN(C(=O)C(NC(=O)OC(C)(C)C)C(C)CC)C(C(=O)NCCCC)c1cc(C)ccc1C. The van der Waals surface area contributed by atoms with Crippen LogP contribution in [0.4, 0.5) is 4.79 Å². The highest BCUT2D eigenvalue weighted by Gasteiger charge is 2.38. The smallest absolute Gasteiger partial charge is 0.408 e. The molecule has 0 fully saturated rings. The number of unbranched alkanes of at least 4 members (excludes halogenated alkanes) is 4. The van der Waals surface area contributed by atoms with Crippen LogP contribution in [0.2, 0.25) is 0 Å². The first-order chi connectivity index (χ1) is 17.9. The maximum absolute atomic E-state index is 14.3. The highest BCUT2D eigenvalue weighted by molar-refractivity contribution is 5.92. The lowest BCUT2D eigenvalue weighted by Gasteiger charge is -2.36. The van der Waals surface area contributed by atoms with Gasteiger partial charge in [0, 0.05) is 13.1 Å². The van der Waals surface area contributed by atoms with Crippen LogP contribution in [0.1, 0.15) is 116 Å². The van der Waals surface area contributed by atoms with Crippen LogP contribution < -0.4 is 10.6 Å². The van der Waals surface area contributed by atoms with E-state index in [2.05, 4.69) is 24.5 Å². The third-order valence-corrected chi connectivity index (χ3v) is 6.81. The third kappa shape index (κ3) is 11.0. The average Bonchev–Trinajstić information content (AvgIpc) is 2.84. The number of carbonyl (C=O) groups excluding carboxylic acids is 3. The summed E-state index contributed by atoms with van der Waals surface area (Å²) in [4.78, 5) is 42.6. The van der Waals surface area contributed by atoms with Crippen molar-refractivity contribution >= 4 is 17.9 Å². The Labute approximate surface area is 231 Å². The Morgan fingerprint density at radius 1 is 0.974 bits per heavy atom. The first kappa shape index (κ1) is 33.5. The van der Waals surface area contributed by atoms with Crippen molar-refractivity contribution in [2.24, 2.45) is 5.92 Å². The molecule has 0 heterocycles. The predicted octanol–water partition coefficient (Wildman–Crippen LogP) is 6.61. The Morgan fingerprint density at radius 2 is 1.63 bits per heavy atom. The Morgan fingerprint density at radius 3 is 2.21 bits per heavy atom. The van der Waals surface area contributed by atoms with E-state index >= 15 is 0 Å². The number of amides is 3. The summed E-state index contributed by atoms with van der Waals surface area (Å²) in [7, 11) is 0. The van der Waals surface area contributed by atoms with Crippen molar-refractivity contribution in [1.29, 1.82) is 0 Å². The molecule has 3 atom stereocenters. The van der Waals surface area contributed by atoms with Gasteiger partial charge in [0.1, 0.15) is 17.7 Å². The number of nitrogens with one attached hydrogen (secondary N) is 2. The number of alkyl carbamates (subject to hydrolysis) is 1. The molecule has 1 aromatic rings. The van der Waals surface area contributed by atoms with Gasteiger partial charge in [-0.1, -0.05) is 83.6 Å². The maximum atomic E-state index is 14.3. The lowest BCUT2D eigenvalue weighted by molar-refractivity contribution is -0.143. The fourth-order valence-electron chi connectivity index (χ4n) is 4.36. The van der Waals surface area contributed by atoms with E-state index in [1.165, 1.54) is 0 Å². The second-order valence-electron chi connectivity index (χ2n) is 11.5. The van der Waals surface area contributed by atoms with E-state index in [0.29, 0.717) is 19.5 Å². The number of aryl methyl sites for hydroxylation is 2. The van der Waals surface area contributed by atoms with Crippen LogP contribution in [0.15, 0.2) is 18.2 Å². The van der Waals surface area contributed by atoms with Gasteiger partial charge in [-0.15, -0.1) is 0 Å². The molecule has 0 aliphatic rings. The minimum atomic E-state index is -0.808. The van der Waals surface area contributed by atoms with E-state index in [-0.39, 0.29) is 17.7 Å². The van der Waals surface area contributed by atoms with Gasteiger partial charge < -0.3 is 20.3 Å². The molecule has 0 aliphatic carbocycles. The summed E-state index contributed by atoms with van der Waals surface area (Å²) in [6.45, 7) is 18.5. The zero-order valence-corrected chi connectivity index (χ0v) is 25.4. The largest absolute Gasteiger partial charge is 0.444 e. The molecule has 3 unspecified atom stereocenters. The Balaban J connectivity index is 3.56. The molecule has 0 spiro atoms. The van der Waals surface area contributed by atoms with Gasteiger partial charge in [-0.05, 0) is 64.5 Å². The van der Waals surface area contributed by atoms with Gasteiger partial charge >= 0.3 is 6.09 Å². The minimum Gasteiger partial charge on any atom is -0.444 e. The number of hydrogen-bond acceptors (Lipinski definition) is 4. The number of hydrogen-bond donors (Lipinski definition) is 2. The lowest BCUT2D eigenvalue weighted by Crippen LogP contribution is -2.55. The monoisotopic (exact) mass is 531 g/mol. The van der Waals surface area contributed by atoms with Gasteiger partial charge in [0.25, 0.3) is 0 Å². The molecule has 0 radical (unpaired) electrons. The number of rotatable bonds is 15. The quantitative estimate of drug-likeness (QED) is 0.249. The van der Waals surface area contributed by atoms with E-state index in [9.17, 15) is 14.4 Å². The van der Waals surface area contributed by atoms with E-state index in [0.717, 1.165) is 55.2 Å². The summed E-state index contributed by atoms with van der Waals surface area (Å²) in [6.07, 6.45) is 5.76. The van der Waals surface area contributed by atoms with Gasteiger partial charge in [-0.2, -0.15) is 0 Å². The maximum Gasteiger partial charge on any atom is 0.408 e. The normalized spacial score (nSPS) is 13.8. The molecule has 38 heavy (non-hydrogen) atoms. The number of carbonyl (C=O) groups is 3. The van der Waals surface area contributed by atoms with Crippen LogP contribution >= 0.6 is 0 Å².